The maximum Gasteiger partial charge on any atom is 0.251 e. The van der Waals surface area contributed by atoms with Gasteiger partial charge in [-0.25, -0.2) is 0 Å². The van der Waals surface area contributed by atoms with Gasteiger partial charge in [-0.15, -0.1) is 0 Å². The lowest BCUT2D eigenvalue weighted by Gasteiger charge is -2.22. The zero-order valence-electron chi connectivity index (χ0n) is 14.4. The Morgan fingerprint density at radius 1 is 1.08 bits per heavy atom. The minimum absolute atomic E-state index is 0.0566. The molecule has 2 amide bonds. The molecule has 1 unspecified atom stereocenters. The van der Waals surface area contributed by atoms with E-state index in [1.165, 1.54) is 12.1 Å². The van der Waals surface area contributed by atoms with Crippen LogP contribution in [0.4, 0.5) is 5.69 Å². The zero-order chi connectivity index (χ0) is 18.4. The molecule has 0 heterocycles. The van der Waals surface area contributed by atoms with E-state index in [4.69, 9.17) is 4.74 Å². The number of carbonyl (C=O) groups excluding carboxylic acids is 2. The number of rotatable bonds is 6. The molecule has 2 rings (SSSR count). The molecular weight excluding hydrogens is 320 g/mol. The van der Waals surface area contributed by atoms with Crippen LogP contribution in [-0.2, 0) is 4.79 Å². The summed E-state index contributed by atoms with van der Waals surface area (Å²) in [5.41, 5.74) is 0.908. The predicted molar refractivity (Wildman–Crippen MR) is 95.8 cm³/mol. The molecule has 0 saturated carbocycles. The third-order valence-corrected chi connectivity index (χ3v) is 3.70. The minimum Gasteiger partial charge on any atom is -0.508 e. The molecule has 0 radical (unpaired) electrons. The second-order valence-electron chi connectivity index (χ2n) is 5.96. The van der Waals surface area contributed by atoms with E-state index in [0.717, 1.165) is 0 Å². The topological polar surface area (TPSA) is 87.7 Å². The Labute approximate surface area is 146 Å². The molecule has 3 N–H and O–H groups in total. The largest absolute Gasteiger partial charge is 0.508 e. The van der Waals surface area contributed by atoms with Gasteiger partial charge < -0.3 is 20.5 Å². The average Bonchev–Trinajstić information content (AvgIpc) is 2.59. The number of carbonyl (C=O) groups is 2. The van der Waals surface area contributed by atoms with Crippen molar-refractivity contribution in [3.05, 3.63) is 54.1 Å². The molecule has 2 aromatic carbocycles. The van der Waals surface area contributed by atoms with E-state index in [0.29, 0.717) is 17.0 Å². The standard InChI is InChI=1S/C19H22N2O4/c1-12(2)17(19(24)20-14-5-4-6-15(22)11-14)21-18(23)13-7-9-16(25-3)10-8-13/h4-12,17,22H,1-3H3,(H,20,24)(H,21,23). The lowest BCUT2D eigenvalue weighted by molar-refractivity contribution is -0.118. The van der Waals surface area contributed by atoms with Gasteiger partial charge in [-0.2, -0.15) is 0 Å². The van der Waals surface area contributed by atoms with Crippen molar-refractivity contribution >= 4 is 17.5 Å². The first-order valence-electron chi connectivity index (χ1n) is 7.95. The number of phenolic OH excluding ortho intramolecular Hbond substituents is 1. The van der Waals surface area contributed by atoms with Crippen LogP contribution in [0, 0.1) is 5.92 Å². The SMILES string of the molecule is COc1ccc(C(=O)NC(C(=O)Nc2cccc(O)c2)C(C)C)cc1. The predicted octanol–water partition coefficient (Wildman–Crippen LogP) is 2.79. The number of hydrogen-bond acceptors (Lipinski definition) is 4. The maximum absolute atomic E-state index is 12.5. The van der Waals surface area contributed by atoms with Crippen LogP contribution in [-0.4, -0.2) is 30.1 Å². The van der Waals surface area contributed by atoms with Gasteiger partial charge in [0.25, 0.3) is 5.91 Å². The first-order chi connectivity index (χ1) is 11.9. The van der Waals surface area contributed by atoms with Crippen LogP contribution in [0.2, 0.25) is 0 Å². The molecule has 0 aliphatic carbocycles. The summed E-state index contributed by atoms with van der Waals surface area (Å²) in [6.45, 7) is 3.70. The summed E-state index contributed by atoms with van der Waals surface area (Å²) < 4.78 is 5.07. The molecule has 0 fully saturated rings. The zero-order valence-corrected chi connectivity index (χ0v) is 14.4. The maximum atomic E-state index is 12.5. The van der Waals surface area contributed by atoms with E-state index >= 15 is 0 Å². The molecule has 1 atom stereocenters. The molecule has 132 valence electrons. The van der Waals surface area contributed by atoms with Crippen LogP contribution < -0.4 is 15.4 Å². The van der Waals surface area contributed by atoms with Crippen molar-refractivity contribution in [2.75, 3.05) is 12.4 Å². The number of nitrogens with one attached hydrogen (secondary N) is 2. The van der Waals surface area contributed by atoms with Gasteiger partial charge in [-0.1, -0.05) is 19.9 Å². The normalized spacial score (nSPS) is 11.7. The van der Waals surface area contributed by atoms with E-state index in [1.807, 2.05) is 13.8 Å². The molecule has 25 heavy (non-hydrogen) atoms. The second kappa shape index (κ2) is 8.19. The quantitative estimate of drug-likeness (QED) is 0.753. The fraction of sp³-hybridized carbons (Fsp3) is 0.263. The third kappa shape index (κ3) is 4.97. The average molecular weight is 342 g/mol. The number of anilines is 1. The monoisotopic (exact) mass is 342 g/mol. The van der Waals surface area contributed by atoms with Crippen molar-refractivity contribution < 1.29 is 19.4 Å². The highest BCUT2D eigenvalue weighted by Gasteiger charge is 2.24. The Kier molecular flexibility index (Phi) is 6.00. The molecule has 0 aliphatic rings. The number of methoxy groups -OCH3 is 1. The summed E-state index contributed by atoms with van der Waals surface area (Å²) >= 11 is 0. The van der Waals surface area contributed by atoms with Crippen LogP contribution in [0.3, 0.4) is 0 Å². The van der Waals surface area contributed by atoms with E-state index in [9.17, 15) is 14.7 Å². The fourth-order valence-corrected chi connectivity index (χ4v) is 2.31. The first kappa shape index (κ1) is 18.3. The Balaban J connectivity index is 2.08. The Hall–Kier alpha value is -3.02. The fourth-order valence-electron chi connectivity index (χ4n) is 2.31. The number of benzene rings is 2. The summed E-state index contributed by atoms with van der Waals surface area (Å²) in [7, 11) is 1.55. The van der Waals surface area contributed by atoms with E-state index in [2.05, 4.69) is 10.6 Å². The molecular formula is C19H22N2O4. The van der Waals surface area contributed by atoms with Gasteiger partial charge in [0.15, 0.2) is 0 Å². The molecule has 0 spiro atoms. The number of amides is 2. The summed E-state index contributed by atoms with van der Waals surface area (Å²) in [6, 6.07) is 12.2. The van der Waals surface area contributed by atoms with Gasteiger partial charge in [0.2, 0.25) is 5.91 Å². The van der Waals surface area contributed by atoms with E-state index < -0.39 is 6.04 Å². The lowest BCUT2D eigenvalue weighted by Crippen LogP contribution is -2.47. The Morgan fingerprint density at radius 2 is 1.76 bits per heavy atom. The van der Waals surface area contributed by atoms with E-state index in [-0.39, 0.29) is 23.5 Å². The Bertz CT molecular complexity index is 741. The van der Waals surface area contributed by atoms with Crippen molar-refractivity contribution in [3.8, 4) is 11.5 Å². The van der Waals surface area contributed by atoms with Gasteiger partial charge in [-0.3, -0.25) is 9.59 Å². The van der Waals surface area contributed by atoms with Crippen molar-refractivity contribution in [1.29, 1.82) is 0 Å². The molecule has 0 aromatic heterocycles. The summed E-state index contributed by atoms with van der Waals surface area (Å²) in [5.74, 6) is -0.0888. The van der Waals surface area contributed by atoms with Gasteiger partial charge in [0.1, 0.15) is 17.5 Å². The minimum atomic E-state index is -0.711. The first-order valence-corrected chi connectivity index (χ1v) is 7.95. The number of phenols is 1. The molecule has 6 heteroatoms. The van der Waals surface area contributed by atoms with Crippen molar-refractivity contribution in [2.24, 2.45) is 5.92 Å². The van der Waals surface area contributed by atoms with Crippen LogP contribution in [0.5, 0.6) is 11.5 Å². The molecule has 0 bridgehead atoms. The molecule has 0 aliphatic heterocycles. The van der Waals surface area contributed by atoms with Gasteiger partial charge in [-0.05, 0) is 42.3 Å². The number of ether oxygens (including phenoxy) is 1. The highest BCUT2D eigenvalue weighted by Crippen LogP contribution is 2.17. The summed E-state index contributed by atoms with van der Waals surface area (Å²) in [5, 5.41) is 14.9. The number of hydrogen-bond donors (Lipinski definition) is 3. The second-order valence-corrected chi connectivity index (χ2v) is 5.96. The number of aromatic hydroxyl groups is 1. The highest BCUT2D eigenvalue weighted by atomic mass is 16.5. The molecule has 6 nitrogen and oxygen atoms in total. The Morgan fingerprint density at radius 3 is 2.32 bits per heavy atom. The third-order valence-electron chi connectivity index (χ3n) is 3.70. The van der Waals surface area contributed by atoms with Crippen LogP contribution >= 0.6 is 0 Å². The van der Waals surface area contributed by atoms with E-state index in [1.54, 1.807) is 43.5 Å². The van der Waals surface area contributed by atoms with Gasteiger partial charge in [0.05, 0.1) is 7.11 Å². The van der Waals surface area contributed by atoms with Crippen molar-refractivity contribution in [1.82, 2.24) is 5.32 Å². The van der Waals surface area contributed by atoms with Crippen LogP contribution in [0.1, 0.15) is 24.2 Å². The molecule has 0 saturated heterocycles. The lowest BCUT2D eigenvalue weighted by atomic mass is 10.0. The van der Waals surface area contributed by atoms with Crippen LogP contribution in [0.15, 0.2) is 48.5 Å². The molecule has 2 aromatic rings. The van der Waals surface area contributed by atoms with Gasteiger partial charge >= 0.3 is 0 Å². The summed E-state index contributed by atoms with van der Waals surface area (Å²) in [6.07, 6.45) is 0. The van der Waals surface area contributed by atoms with Gasteiger partial charge in [0, 0.05) is 17.3 Å². The summed E-state index contributed by atoms with van der Waals surface area (Å²) in [4.78, 5) is 24.9. The highest BCUT2D eigenvalue weighted by molar-refractivity contribution is 6.01. The van der Waals surface area contributed by atoms with Crippen LogP contribution in [0.25, 0.3) is 0 Å². The van der Waals surface area contributed by atoms with Crippen molar-refractivity contribution in [3.63, 3.8) is 0 Å². The smallest absolute Gasteiger partial charge is 0.251 e. The van der Waals surface area contributed by atoms with Crippen molar-refractivity contribution in [2.45, 2.75) is 19.9 Å².